The lowest BCUT2D eigenvalue weighted by atomic mass is 10.2. The summed E-state index contributed by atoms with van der Waals surface area (Å²) in [6, 6.07) is 9.30. The Bertz CT molecular complexity index is 423. The van der Waals surface area contributed by atoms with Crippen LogP contribution in [0, 0.1) is 0 Å². The number of hydrogen-bond acceptors (Lipinski definition) is 3. The first-order valence-electron chi connectivity index (χ1n) is 7.70. The summed E-state index contributed by atoms with van der Waals surface area (Å²) >= 11 is 0. The van der Waals surface area contributed by atoms with Crippen LogP contribution in [0.3, 0.4) is 0 Å². The molecule has 1 aromatic carbocycles. The molecular weight excluding hydrogens is 266 g/mol. The van der Waals surface area contributed by atoms with Crippen molar-refractivity contribution < 1.29 is 14.3 Å². The van der Waals surface area contributed by atoms with Gasteiger partial charge in [-0.1, -0.05) is 57.0 Å². The Hall–Kier alpha value is -1.84. The number of nitrogens with zero attached hydrogens (tertiary/aromatic N) is 1. The van der Waals surface area contributed by atoms with Crippen LogP contribution >= 0.6 is 0 Å². The van der Waals surface area contributed by atoms with Gasteiger partial charge in [-0.25, -0.2) is 4.79 Å². The van der Waals surface area contributed by atoms with Crippen molar-refractivity contribution in [2.24, 2.45) is 0 Å². The van der Waals surface area contributed by atoms with Gasteiger partial charge in [0.15, 0.2) is 0 Å². The van der Waals surface area contributed by atoms with E-state index in [1.54, 1.807) is 4.90 Å². The Morgan fingerprint density at radius 3 is 2.10 bits per heavy atom. The molecule has 0 saturated carbocycles. The average molecular weight is 291 g/mol. The van der Waals surface area contributed by atoms with Crippen LogP contribution in [0.5, 0.6) is 0 Å². The highest BCUT2D eigenvalue weighted by Gasteiger charge is 2.18. The molecule has 0 aliphatic rings. The first-order chi connectivity index (χ1) is 10.2. The van der Waals surface area contributed by atoms with Crippen molar-refractivity contribution in [1.29, 1.82) is 0 Å². The SMILES string of the molecule is CCCCN(CCCC)C(=O)OC(=O)Cc1ccccc1. The van der Waals surface area contributed by atoms with Crippen LogP contribution in [0.1, 0.15) is 45.1 Å². The number of amides is 1. The largest absolute Gasteiger partial charge is 0.417 e. The average Bonchev–Trinajstić information content (AvgIpc) is 2.48. The lowest BCUT2D eigenvalue weighted by Gasteiger charge is -2.21. The molecule has 0 atom stereocenters. The minimum atomic E-state index is -0.516. The van der Waals surface area contributed by atoms with E-state index >= 15 is 0 Å². The number of carbonyl (C=O) groups is 2. The smallest absolute Gasteiger partial charge is 0.376 e. The maximum atomic E-state index is 12.0. The summed E-state index contributed by atoms with van der Waals surface area (Å²) in [6.07, 6.45) is 3.47. The molecule has 0 bridgehead atoms. The molecule has 0 aromatic heterocycles. The third-order valence-electron chi connectivity index (χ3n) is 3.21. The second kappa shape index (κ2) is 9.97. The van der Waals surface area contributed by atoms with Crippen LogP contribution in [0.25, 0.3) is 0 Å². The van der Waals surface area contributed by atoms with Crippen LogP contribution in [-0.4, -0.2) is 30.1 Å². The van der Waals surface area contributed by atoms with E-state index in [1.165, 1.54) is 0 Å². The Labute approximate surface area is 127 Å². The van der Waals surface area contributed by atoms with Gasteiger partial charge in [-0.2, -0.15) is 0 Å². The standard InChI is InChI=1S/C17H25NO3/c1-3-5-12-18(13-6-4-2)17(20)21-16(19)14-15-10-8-7-9-11-15/h7-11H,3-6,12-14H2,1-2H3. The van der Waals surface area contributed by atoms with Gasteiger partial charge in [-0.05, 0) is 18.4 Å². The van der Waals surface area contributed by atoms with E-state index in [2.05, 4.69) is 13.8 Å². The van der Waals surface area contributed by atoms with Crippen molar-refractivity contribution in [2.45, 2.75) is 46.0 Å². The topological polar surface area (TPSA) is 46.6 Å². The summed E-state index contributed by atoms with van der Waals surface area (Å²) in [4.78, 5) is 25.5. The molecule has 21 heavy (non-hydrogen) atoms. The maximum Gasteiger partial charge on any atom is 0.417 e. The maximum absolute atomic E-state index is 12.0. The molecule has 0 spiro atoms. The zero-order valence-corrected chi connectivity index (χ0v) is 13.0. The number of rotatable bonds is 8. The quantitative estimate of drug-likeness (QED) is 0.540. The monoisotopic (exact) mass is 291 g/mol. The highest BCUT2D eigenvalue weighted by Crippen LogP contribution is 2.05. The zero-order chi connectivity index (χ0) is 15.5. The van der Waals surface area contributed by atoms with E-state index in [1.807, 2.05) is 30.3 Å². The lowest BCUT2D eigenvalue weighted by Crippen LogP contribution is -2.35. The highest BCUT2D eigenvalue weighted by molar-refractivity contribution is 5.85. The summed E-state index contributed by atoms with van der Waals surface area (Å²) in [5.74, 6) is -0.496. The number of carbonyl (C=O) groups excluding carboxylic acids is 2. The number of ether oxygens (including phenoxy) is 1. The Morgan fingerprint density at radius 2 is 1.57 bits per heavy atom. The molecule has 0 saturated heterocycles. The van der Waals surface area contributed by atoms with E-state index in [-0.39, 0.29) is 6.42 Å². The van der Waals surface area contributed by atoms with Crippen molar-refractivity contribution in [3.05, 3.63) is 35.9 Å². The van der Waals surface area contributed by atoms with Gasteiger partial charge in [0.25, 0.3) is 0 Å². The van der Waals surface area contributed by atoms with Gasteiger partial charge in [0.1, 0.15) is 0 Å². The Balaban J connectivity index is 2.48. The molecule has 116 valence electrons. The zero-order valence-electron chi connectivity index (χ0n) is 13.0. The summed E-state index contributed by atoms with van der Waals surface area (Å²) in [5.41, 5.74) is 0.851. The van der Waals surface area contributed by atoms with Crippen LogP contribution in [0.2, 0.25) is 0 Å². The minimum absolute atomic E-state index is 0.127. The van der Waals surface area contributed by atoms with Gasteiger partial charge in [0.05, 0.1) is 6.42 Å². The molecule has 0 heterocycles. The van der Waals surface area contributed by atoms with Gasteiger partial charge in [-0.15, -0.1) is 0 Å². The number of hydrogen-bond donors (Lipinski definition) is 0. The number of esters is 1. The molecule has 0 fully saturated rings. The minimum Gasteiger partial charge on any atom is -0.376 e. The van der Waals surface area contributed by atoms with Gasteiger partial charge in [0.2, 0.25) is 0 Å². The van der Waals surface area contributed by atoms with Gasteiger partial charge < -0.3 is 9.64 Å². The molecular formula is C17H25NO3. The fourth-order valence-electron chi connectivity index (χ4n) is 1.95. The van der Waals surface area contributed by atoms with Crippen molar-refractivity contribution in [2.75, 3.05) is 13.1 Å². The summed E-state index contributed by atoms with van der Waals surface area (Å²) in [6.45, 7) is 5.44. The molecule has 1 rings (SSSR count). The number of benzene rings is 1. The first-order valence-corrected chi connectivity index (χ1v) is 7.70. The lowest BCUT2D eigenvalue weighted by molar-refractivity contribution is -0.137. The third-order valence-corrected chi connectivity index (χ3v) is 3.21. The molecule has 0 radical (unpaired) electrons. The summed E-state index contributed by atoms with van der Waals surface area (Å²) in [5, 5.41) is 0. The predicted octanol–water partition coefficient (Wildman–Crippen LogP) is 3.79. The third kappa shape index (κ3) is 6.93. The first kappa shape index (κ1) is 17.2. The van der Waals surface area contributed by atoms with Gasteiger partial charge in [0, 0.05) is 13.1 Å². The second-order valence-corrected chi connectivity index (χ2v) is 5.10. The van der Waals surface area contributed by atoms with E-state index in [0.29, 0.717) is 13.1 Å². The van der Waals surface area contributed by atoms with Crippen LogP contribution in [0.15, 0.2) is 30.3 Å². The van der Waals surface area contributed by atoms with E-state index in [9.17, 15) is 9.59 Å². The molecule has 4 nitrogen and oxygen atoms in total. The molecule has 0 N–H and O–H groups in total. The molecule has 4 heteroatoms. The molecule has 1 aromatic rings. The van der Waals surface area contributed by atoms with E-state index in [0.717, 1.165) is 31.2 Å². The van der Waals surface area contributed by atoms with E-state index < -0.39 is 12.1 Å². The van der Waals surface area contributed by atoms with Crippen molar-refractivity contribution in [3.63, 3.8) is 0 Å². The predicted molar refractivity (Wildman–Crippen MR) is 83.0 cm³/mol. The van der Waals surface area contributed by atoms with Crippen molar-refractivity contribution in [3.8, 4) is 0 Å². The number of unbranched alkanes of at least 4 members (excludes halogenated alkanes) is 2. The fourth-order valence-corrected chi connectivity index (χ4v) is 1.95. The molecule has 0 aliphatic carbocycles. The molecule has 0 unspecified atom stereocenters. The molecule has 0 aliphatic heterocycles. The highest BCUT2D eigenvalue weighted by atomic mass is 16.6. The van der Waals surface area contributed by atoms with Crippen LogP contribution in [-0.2, 0) is 16.0 Å². The fraction of sp³-hybridized carbons (Fsp3) is 0.529. The van der Waals surface area contributed by atoms with Gasteiger partial charge in [-0.3, -0.25) is 4.79 Å². The summed E-state index contributed by atoms with van der Waals surface area (Å²) < 4.78 is 4.96. The van der Waals surface area contributed by atoms with Gasteiger partial charge >= 0.3 is 12.1 Å². The Morgan fingerprint density at radius 1 is 1.00 bits per heavy atom. The van der Waals surface area contributed by atoms with Crippen LogP contribution < -0.4 is 0 Å². The van der Waals surface area contributed by atoms with Crippen molar-refractivity contribution in [1.82, 2.24) is 4.90 Å². The van der Waals surface area contributed by atoms with Crippen LogP contribution in [0.4, 0.5) is 4.79 Å². The van der Waals surface area contributed by atoms with Crippen molar-refractivity contribution >= 4 is 12.1 Å². The summed E-state index contributed by atoms with van der Waals surface area (Å²) in [7, 11) is 0. The second-order valence-electron chi connectivity index (χ2n) is 5.10. The van der Waals surface area contributed by atoms with E-state index in [4.69, 9.17) is 4.74 Å². The Kier molecular flexibility index (Phi) is 8.17. The normalized spacial score (nSPS) is 10.2. The molecule has 1 amide bonds.